The number of aliphatic carboxylic acids is 1. The fourth-order valence-corrected chi connectivity index (χ4v) is 5.13. The summed E-state index contributed by atoms with van der Waals surface area (Å²) in [4.78, 5) is 37.1. The van der Waals surface area contributed by atoms with Gasteiger partial charge in [-0.1, -0.05) is 27.2 Å². The molecular formula is C24H35N3O6. The highest BCUT2D eigenvalue weighted by Crippen LogP contribution is 2.36. The Morgan fingerprint density at radius 3 is 2.70 bits per heavy atom. The van der Waals surface area contributed by atoms with Crippen molar-refractivity contribution in [1.82, 2.24) is 0 Å². The molecule has 0 aromatic heterocycles. The zero-order valence-electron chi connectivity index (χ0n) is 19.7. The van der Waals surface area contributed by atoms with Crippen molar-refractivity contribution < 1.29 is 24.4 Å². The second-order valence-electron chi connectivity index (χ2n) is 9.73. The summed E-state index contributed by atoms with van der Waals surface area (Å²) in [5.41, 5.74) is 0.366. The van der Waals surface area contributed by atoms with E-state index in [1.54, 1.807) is 11.0 Å². The topological polar surface area (TPSA) is 122 Å². The summed E-state index contributed by atoms with van der Waals surface area (Å²) in [6.45, 7) is 6.88. The van der Waals surface area contributed by atoms with E-state index in [9.17, 15) is 24.8 Å². The van der Waals surface area contributed by atoms with Crippen LogP contribution in [0.4, 0.5) is 17.1 Å². The maximum atomic E-state index is 12.7. The lowest BCUT2D eigenvalue weighted by Crippen LogP contribution is -2.44. The lowest BCUT2D eigenvalue weighted by atomic mass is 9.75. The molecule has 1 aliphatic heterocycles. The minimum Gasteiger partial charge on any atom is -0.480 e. The van der Waals surface area contributed by atoms with Gasteiger partial charge in [-0.15, -0.1) is 0 Å². The number of benzene rings is 1. The second kappa shape index (κ2) is 11.0. The Balaban J connectivity index is 1.73. The molecule has 4 unspecified atom stereocenters. The van der Waals surface area contributed by atoms with Gasteiger partial charge in [0.25, 0.3) is 11.6 Å². The number of nitro groups is 1. The molecule has 0 spiro atoms. The standard InChI is InChI=1S/C24H35N3O6/c1-15(2)18-9-7-16(3)12-22(18)33-14-23(28)25-19-13-17(8-10-20(19)27(31)32)26-11-5-4-6-21(26)24(29)30/h8,10,13,15-16,18,21-22H,4-7,9,11-12,14H2,1-3H3,(H,25,28)(H,29,30). The summed E-state index contributed by atoms with van der Waals surface area (Å²) in [6, 6.07) is 3.67. The molecule has 1 aromatic carbocycles. The van der Waals surface area contributed by atoms with Gasteiger partial charge in [-0.25, -0.2) is 4.79 Å². The van der Waals surface area contributed by atoms with Crippen molar-refractivity contribution in [3.05, 3.63) is 28.3 Å². The number of hydrogen-bond donors (Lipinski definition) is 2. The molecule has 2 aliphatic rings. The zero-order chi connectivity index (χ0) is 24.1. The number of carbonyl (C=O) groups excluding carboxylic acids is 1. The summed E-state index contributed by atoms with van der Waals surface area (Å²) in [5, 5.41) is 23.7. The van der Waals surface area contributed by atoms with Gasteiger partial charge in [0.05, 0.1) is 11.0 Å². The van der Waals surface area contributed by atoms with Gasteiger partial charge in [-0.2, -0.15) is 0 Å². The number of carboxylic acid groups (broad SMARTS) is 1. The average molecular weight is 462 g/mol. The number of carbonyl (C=O) groups is 2. The number of rotatable bonds is 8. The van der Waals surface area contributed by atoms with Crippen LogP contribution in [0.15, 0.2) is 18.2 Å². The van der Waals surface area contributed by atoms with Crippen molar-refractivity contribution >= 4 is 28.9 Å². The summed E-state index contributed by atoms with van der Waals surface area (Å²) in [7, 11) is 0. The van der Waals surface area contributed by atoms with E-state index in [4.69, 9.17) is 4.74 Å². The zero-order valence-corrected chi connectivity index (χ0v) is 19.7. The van der Waals surface area contributed by atoms with E-state index >= 15 is 0 Å². The largest absolute Gasteiger partial charge is 0.480 e. The van der Waals surface area contributed by atoms with E-state index in [0.29, 0.717) is 36.4 Å². The number of carboxylic acids is 1. The molecule has 1 heterocycles. The number of nitrogens with zero attached hydrogens (tertiary/aromatic N) is 2. The van der Waals surface area contributed by atoms with Gasteiger partial charge in [-0.3, -0.25) is 14.9 Å². The third kappa shape index (κ3) is 6.22. The lowest BCUT2D eigenvalue weighted by molar-refractivity contribution is -0.383. The van der Waals surface area contributed by atoms with Crippen LogP contribution in [0.3, 0.4) is 0 Å². The first kappa shape index (κ1) is 25.0. The number of ether oxygens (including phenoxy) is 1. The first-order valence-electron chi connectivity index (χ1n) is 11.9. The van der Waals surface area contributed by atoms with Crippen LogP contribution in [0.5, 0.6) is 0 Å². The van der Waals surface area contributed by atoms with Gasteiger partial charge >= 0.3 is 5.97 Å². The second-order valence-corrected chi connectivity index (χ2v) is 9.73. The van der Waals surface area contributed by atoms with Gasteiger partial charge in [0, 0.05) is 18.3 Å². The normalized spacial score (nSPS) is 25.6. The van der Waals surface area contributed by atoms with Crippen LogP contribution in [-0.2, 0) is 14.3 Å². The molecule has 4 atom stereocenters. The van der Waals surface area contributed by atoms with E-state index in [2.05, 4.69) is 26.1 Å². The number of hydrogen-bond acceptors (Lipinski definition) is 6. The maximum Gasteiger partial charge on any atom is 0.326 e. The molecule has 9 nitrogen and oxygen atoms in total. The van der Waals surface area contributed by atoms with Gasteiger partial charge < -0.3 is 20.1 Å². The number of amides is 1. The highest BCUT2D eigenvalue weighted by Gasteiger charge is 2.32. The first-order chi connectivity index (χ1) is 15.7. The molecule has 2 fully saturated rings. The fraction of sp³-hybridized carbons (Fsp3) is 0.667. The van der Waals surface area contributed by atoms with Crippen LogP contribution >= 0.6 is 0 Å². The van der Waals surface area contributed by atoms with Gasteiger partial charge in [-0.05, 0) is 62.0 Å². The summed E-state index contributed by atoms with van der Waals surface area (Å²) < 4.78 is 5.99. The molecule has 1 aliphatic carbocycles. The molecule has 1 amide bonds. The summed E-state index contributed by atoms with van der Waals surface area (Å²) in [6.07, 6.45) is 5.29. The highest BCUT2D eigenvalue weighted by molar-refractivity contribution is 5.95. The Hall–Kier alpha value is -2.68. The van der Waals surface area contributed by atoms with Crippen molar-refractivity contribution in [2.24, 2.45) is 17.8 Å². The van der Waals surface area contributed by atoms with E-state index < -0.39 is 22.8 Å². The lowest BCUT2D eigenvalue weighted by Gasteiger charge is -2.37. The van der Waals surface area contributed by atoms with Crippen LogP contribution in [0.2, 0.25) is 0 Å². The average Bonchev–Trinajstić information content (AvgIpc) is 2.77. The maximum absolute atomic E-state index is 12.7. The van der Waals surface area contributed by atoms with Crippen LogP contribution < -0.4 is 10.2 Å². The van der Waals surface area contributed by atoms with Crippen LogP contribution in [-0.4, -0.2) is 47.2 Å². The summed E-state index contributed by atoms with van der Waals surface area (Å²) >= 11 is 0. The Morgan fingerprint density at radius 1 is 1.27 bits per heavy atom. The Kier molecular flexibility index (Phi) is 8.29. The quantitative estimate of drug-likeness (QED) is 0.433. The molecule has 1 saturated carbocycles. The van der Waals surface area contributed by atoms with Crippen molar-refractivity contribution in [2.75, 3.05) is 23.4 Å². The molecule has 0 bridgehead atoms. The van der Waals surface area contributed by atoms with Gasteiger partial charge in [0.1, 0.15) is 18.3 Å². The predicted molar refractivity (Wildman–Crippen MR) is 125 cm³/mol. The van der Waals surface area contributed by atoms with Gasteiger partial charge in [0.2, 0.25) is 0 Å². The Morgan fingerprint density at radius 2 is 2.03 bits per heavy atom. The molecule has 3 rings (SSSR count). The minimum atomic E-state index is -0.923. The SMILES string of the molecule is CC1CCC(C(C)C)C(OCC(=O)Nc2cc(N3CCCCC3C(=O)O)ccc2[N+](=O)[O-])C1. The van der Waals surface area contributed by atoms with Crippen molar-refractivity contribution in [3.8, 4) is 0 Å². The molecule has 33 heavy (non-hydrogen) atoms. The van der Waals surface area contributed by atoms with E-state index in [1.165, 1.54) is 12.1 Å². The molecule has 2 N–H and O–H groups in total. The molecule has 1 saturated heterocycles. The van der Waals surface area contributed by atoms with Crippen LogP contribution in [0.25, 0.3) is 0 Å². The molecule has 182 valence electrons. The number of anilines is 2. The first-order valence-corrected chi connectivity index (χ1v) is 11.9. The number of piperidine rings is 1. The third-order valence-corrected chi connectivity index (χ3v) is 6.96. The monoisotopic (exact) mass is 461 g/mol. The minimum absolute atomic E-state index is 0.00880. The van der Waals surface area contributed by atoms with Crippen molar-refractivity contribution in [3.63, 3.8) is 0 Å². The van der Waals surface area contributed by atoms with Crippen molar-refractivity contribution in [1.29, 1.82) is 0 Å². The molecule has 0 radical (unpaired) electrons. The van der Waals surface area contributed by atoms with Crippen LogP contribution in [0.1, 0.15) is 59.3 Å². The van der Waals surface area contributed by atoms with Crippen LogP contribution in [0, 0.1) is 27.9 Å². The predicted octanol–water partition coefficient (Wildman–Crippen LogP) is 4.45. The molecule has 9 heteroatoms. The van der Waals surface area contributed by atoms with Crippen molar-refractivity contribution in [2.45, 2.75) is 71.4 Å². The van der Waals surface area contributed by atoms with E-state index in [0.717, 1.165) is 32.1 Å². The smallest absolute Gasteiger partial charge is 0.326 e. The fourth-order valence-electron chi connectivity index (χ4n) is 5.13. The number of nitrogens with one attached hydrogen (secondary N) is 1. The van der Waals surface area contributed by atoms with Gasteiger partial charge in [0.15, 0.2) is 0 Å². The van der Waals surface area contributed by atoms with E-state index in [-0.39, 0.29) is 24.1 Å². The molecule has 1 aromatic rings. The Bertz CT molecular complexity index is 874. The highest BCUT2D eigenvalue weighted by atomic mass is 16.6. The third-order valence-electron chi connectivity index (χ3n) is 6.96. The number of nitro benzene ring substituents is 1. The van der Waals surface area contributed by atoms with E-state index in [1.807, 2.05) is 0 Å². The Labute approximate surface area is 194 Å². The molecular weight excluding hydrogens is 426 g/mol. The summed E-state index contributed by atoms with van der Waals surface area (Å²) in [5.74, 6) is 0.00388.